The molecule has 14 heavy (non-hydrogen) atoms. The second-order valence-corrected chi connectivity index (χ2v) is 4.98. The first-order valence-electron chi connectivity index (χ1n) is 4.06. The zero-order valence-corrected chi connectivity index (χ0v) is 9.56. The smallest absolute Gasteiger partial charge is 0.214 e. The third-order valence-electron chi connectivity index (χ3n) is 1.84. The second kappa shape index (κ2) is 3.88. The van der Waals surface area contributed by atoms with Crippen LogP contribution < -0.4 is 5.14 Å². The Morgan fingerprint density at radius 2 is 2.14 bits per heavy atom. The maximum Gasteiger partial charge on any atom is 0.214 e. The van der Waals surface area contributed by atoms with Crippen LogP contribution in [0.4, 0.5) is 0 Å². The van der Waals surface area contributed by atoms with E-state index in [0.717, 1.165) is 0 Å². The van der Waals surface area contributed by atoms with Crippen molar-refractivity contribution in [3.05, 3.63) is 16.4 Å². The minimum atomic E-state index is -3.56. The highest BCUT2D eigenvalue weighted by Gasteiger charge is 2.17. The zero-order chi connectivity index (χ0) is 10.9. The van der Waals surface area contributed by atoms with Crippen molar-refractivity contribution >= 4 is 21.6 Å². The molecule has 0 aliphatic rings. The average Bonchev–Trinajstić information content (AvgIpc) is 2.29. The van der Waals surface area contributed by atoms with Gasteiger partial charge in [0.2, 0.25) is 10.0 Å². The first kappa shape index (κ1) is 11.5. The Morgan fingerprint density at radius 3 is 2.50 bits per heavy atom. The van der Waals surface area contributed by atoms with E-state index in [1.165, 1.54) is 4.68 Å². The number of rotatable bonds is 3. The standard InChI is InChI=1S/C7H12ClN3O2S/c1-3-5-7(8)6(11(2)10-5)4-14(9,12)13/h3-4H2,1-2H3,(H2,9,12,13). The molecule has 1 heterocycles. The molecule has 0 unspecified atom stereocenters. The molecule has 0 aliphatic carbocycles. The second-order valence-electron chi connectivity index (χ2n) is 2.99. The van der Waals surface area contributed by atoms with Crippen LogP contribution in [0.3, 0.4) is 0 Å². The third-order valence-corrected chi connectivity index (χ3v) is 2.95. The molecule has 0 amide bonds. The van der Waals surface area contributed by atoms with E-state index in [2.05, 4.69) is 5.10 Å². The molecular weight excluding hydrogens is 226 g/mol. The van der Waals surface area contributed by atoms with Gasteiger partial charge < -0.3 is 0 Å². The molecule has 0 aliphatic heterocycles. The van der Waals surface area contributed by atoms with Crippen LogP contribution in [-0.4, -0.2) is 18.2 Å². The maximum atomic E-state index is 10.9. The van der Waals surface area contributed by atoms with Crippen LogP contribution in [0.5, 0.6) is 0 Å². The molecule has 2 N–H and O–H groups in total. The molecule has 1 aromatic heterocycles. The number of primary sulfonamides is 1. The highest BCUT2D eigenvalue weighted by molar-refractivity contribution is 7.88. The minimum absolute atomic E-state index is 0.282. The molecule has 0 spiro atoms. The number of aromatic nitrogens is 2. The summed E-state index contributed by atoms with van der Waals surface area (Å²) in [6.45, 7) is 1.90. The summed E-state index contributed by atoms with van der Waals surface area (Å²) in [4.78, 5) is 0. The van der Waals surface area contributed by atoms with E-state index in [1.54, 1.807) is 7.05 Å². The van der Waals surface area contributed by atoms with Gasteiger partial charge >= 0.3 is 0 Å². The van der Waals surface area contributed by atoms with Crippen molar-refractivity contribution in [2.75, 3.05) is 0 Å². The van der Waals surface area contributed by atoms with E-state index in [4.69, 9.17) is 16.7 Å². The number of aryl methyl sites for hydroxylation is 2. The Labute approximate surface area is 87.9 Å². The Kier molecular flexibility index (Phi) is 3.18. The van der Waals surface area contributed by atoms with Crippen molar-refractivity contribution < 1.29 is 8.42 Å². The summed E-state index contributed by atoms with van der Waals surface area (Å²) >= 11 is 5.93. The van der Waals surface area contributed by atoms with Gasteiger partial charge in [0.1, 0.15) is 5.75 Å². The quantitative estimate of drug-likeness (QED) is 0.828. The van der Waals surface area contributed by atoms with Crippen LogP contribution in [-0.2, 0) is 29.2 Å². The molecule has 1 rings (SSSR count). The van der Waals surface area contributed by atoms with E-state index >= 15 is 0 Å². The molecule has 1 aromatic rings. The van der Waals surface area contributed by atoms with Gasteiger partial charge in [-0.1, -0.05) is 18.5 Å². The summed E-state index contributed by atoms with van der Waals surface area (Å²) in [6.07, 6.45) is 0.664. The molecule has 0 saturated heterocycles. The van der Waals surface area contributed by atoms with E-state index in [0.29, 0.717) is 22.8 Å². The van der Waals surface area contributed by atoms with E-state index in [9.17, 15) is 8.42 Å². The van der Waals surface area contributed by atoms with Gasteiger partial charge in [-0.15, -0.1) is 0 Å². The molecule has 0 radical (unpaired) electrons. The summed E-state index contributed by atoms with van der Waals surface area (Å²) in [5.74, 6) is -0.282. The van der Waals surface area contributed by atoms with Crippen LogP contribution in [0.2, 0.25) is 5.02 Å². The lowest BCUT2D eigenvalue weighted by Crippen LogP contribution is -2.16. The zero-order valence-electron chi connectivity index (χ0n) is 7.99. The van der Waals surface area contributed by atoms with E-state index in [-0.39, 0.29) is 5.75 Å². The molecule has 0 fully saturated rings. The lowest BCUT2D eigenvalue weighted by atomic mass is 10.3. The predicted molar refractivity (Wildman–Crippen MR) is 54.4 cm³/mol. The van der Waals surface area contributed by atoms with Crippen molar-refractivity contribution in [3.8, 4) is 0 Å². The van der Waals surface area contributed by atoms with Gasteiger partial charge in [0.05, 0.1) is 16.4 Å². The van der Waals surface area contributed by atoms with Crippen LogP contribution in [0.25, 0.3) is 0 Å². The molecule has 0 saturated carbocycles. The summed E-state index contributed by atoms with van der Waals surface area (Å²) in [5, 5.41) is 9.40. The summed E-state index contributed by atoms with van der Waals surface area (Å²) in [7, 11) is -1.92. The number of sulfonamides is 1. The van der Waals surface area contributed by atoms with Gasteiger partial charge in [-0.05, 0) is 6.42 Å². The number of hydrogen-bond donors (Lipinski definition) is 1. The lowest BCUT2D eigenvalue weighted by molar-refractivity contribution is 0.593. The summed E-state index contributed by atoms with van der Waals surface area (Å²) in [5.41, 5.74) is 1.12. The Bertz CT molecular complexity index is 438. The highest BCUT2D eigenvalue weighted by atomic mass is 35.5. The van der Waals surface area contributed by atoms with E-state index in [1.807, 2.05) is 6.92 Å². The van der Waals surface area contributed by atoms with Crippen molar-refractivity contribution in [3.63, 3.8) is 0 Å². The summed E-state index contributed by atoms with van der Waals surface area (Å²) in [6, 6.07) is 0. The van der Waals surface area contributed by atoms with Gasteiger partial charge in [-0.3, -0.25) is 4.68 Å². The Balaban J connectivity index is 3.15. The van der Waals surface area contributed by atoms with Crippen molar-refractivity contribution in [1.82, 2.24) is 9.78 Å². The number of halogens is 1. The Hall–Kier alpha value is -0.590. The maximum absolute atomic E-state index is 10.9. The first-order valence-corrected chi connectivity index (χ1v) is 6.15. The lowest BCUT2D eigenvalue weighted by Gasteiger charge is -1.99. The Morgan fingerprint density at radius 1 is 1.57 bits per heavy atom. The monoisotopic (exact) mass is 237 g/mol. The topological polar surface area (TPSA) is 78.0 Å². The molecule has 0 bridgehead atoms. The van der Waals surface area contributed by atoms with Crippen molar-refractivity contribution in [1.29, 1.82) is 0 Å². The summed E-state index contributed by atoms with van der Waals surface area (Å²) < 4.78 is 23.2. The van der Waals surface area contributed by atoms with Crippen LogP contribution in [0.1, 0.15) is 18.3 Å². The largest absolute Gasteiger partial charge is 0.270 e. The third kappa shape index (κ3) is 2.46. The minimum Gasteiger partial charge on any atom is -0.270 e. The predicted octanol–water partition coefficient (Wildman–Crippen LogP) is 0.424. The fourth-order valence-electron chi connectivity index (χ4n) is 1.17. The molecule has 80 valence electrons. The van der Waals surface area contributed by atoms with Crippen LogP contribution >= 0.6 is 11.6 Å². The van der Waals surface area contributed by atoms with Gasteiger partial charge in [0.25, 0.3) is 0 Å². The molecule has 5 nitrogen and oxygen atoms in total. The van der Waals surface area contributed by atoms with Crippen molar-refractivity contribution in [2.24, 2.45) is 12.2 Å². The van der Waals surface area contributed by atoms with Crippen LogP contribution in [0.15, 0.2) is 0 Å². The molecule has 0 aromatic carbocycles. The number of hydrogen-bond acceptors (Lipinski definition) is 3. The molecular formula is C7H12ClN3O2S. The van der Waals surface area contributed by atoms with E-state index < -0.39 is 10.0 Å². The van der Waals surface area contributed by atoms with Gasteiger partial charge in [-0.2, -0.15) is 5.10 Å². The number of nitrogens with two attached hydrogens (primary N) is 1. The van der Waals surface area contributed by atoms with Gasteiger partial charge in [0, 0.05) is 7.05 Å². The first-order chi connectivity index (χ1) is 6.35. The molecule has 0 atom stereocenters. The normalized spacial score (nSPS) is 12.0. The van der Waals surface area contributed by atoms with Crippen molar-refractivity contribution in [2.45, 2.75) is 19.1 Å². The number of nitrogens with zero attached hydrogens (tertiary/aromatic N) is 2. The fourth-order valence-corrected chi connectivity index (χ4v) is 2.32. The fraction of sp³-hybridized carbons (Fsp3) is 0.571. The molecule has 7 heteroatoms. The van der Waals surface area contributed by atoms with Gasteiger partial charge in [-0.25, -0.2) is 13.6 Å². The average molecular weight is 238 g/mol. The highest BCUT2D eigenvalue weighted by Crippen LogP contribution is 2.21. The SMILES string of the molecule is CCc1nn(C)c(CS(N)(=O)=O)c1Cl. The van der Waals surface area contributed by atoms with Gasteiger partial charge in [0.15, 0.2) is 0 Å². The van der Waals surface area contributed by atoms with Crippen LogP contribution in [0, 0.1) is 0 Å².